The van der Waals surface area contributed by atoms with Crippen molar-refractivity contribution in [1.29, 1.82) is 0 Å². The molecule has 0 aliphatic rings. The van der Waals surface area contributed by atoms with Crippen molar-refractivity contribution in [2.24, 2.45) is 0 Å². The van der Waals surface area contributed by atoms with Crippen LogP contribution in [0.5, 0.6) is 5.75 Å². The summed E-state index contributed by atoms with van der Waals surface area (Å²) in [5, 5.41) is 0. The third kappa shape index (κ3) is 6.82. The Kier molecular flexibility index (Phi) is 7.50. The molecule has 1 unspecified atom stereocenters. The van der Waals surface area contributed by atoms with Gasteiger partial charge in [-0.25, -0.2) is 0 Å². The molecule has 0 saturated heterocycles. The summed E-state index contributed by atoms with van der Waals surface area (Å²) in [6.07, 6.45) is 1.32. The van der Waals surface area contributed by atoms with Crippen molar-refractivity contribution in [2.75, 3.05) is 6.61 Å². The highest BCUT2D eigenvalue weighted by Gasteiger charge is 2.06. The van der Waals surface area contributed by atoms with E-state index < -0.39 is 0 Å². The van der Waals surface area contributed by atoms with Gasteiger partial charge in [-0.3, -0.25) is 0 Å². The maximum Gasteiger partial charge on any atom is 0.149 e. The van der Waals surface area contributed by atoms with Gasteiger partial charge in [0.15, 0.2) is 0 Å². The smallest absolute Gasteiger partial charge is 0.149 e. The second-order valence-electron chi connectivity index (χ2n) is 7.38. The summed E-state index contributed by atoms with van der Waals surface area (Å²) in [4.78, 5) is 0. The minimum atomic E-state index is 0.195. The maximum atomic E-state index is 5.82. The molecule has 2 heteroatoms. The fourth-order valence-electron chi connectivity index (χ4n) is 3.25. The molecule has 0 radical (unpaired) electrons. The van der Waals surface area contributed by atoms with Crippen molar-refractivity contribution in [2.45, 2.75) is 39.4 Å². The minimum Gasteiger partial charge on any atom is -0.481 e. The summed E-state index contributed by atoms with van der Waals surface area (Å²) in [7, 11) is 0. The average molecular weight is 385 g/mol. The zero-order valence-corrected chi connectivity index (χ0v) is 17.4. The molecule has 3 aromatic rings. The average Bonchev–Trinajstić information content (AvgIpc) is 2.72. The summed E-state index contributed by atoms with van der Waals surface area (Å²) in [6, 6.07) is 26.8. The molecule has 0 aliphatic heterocycles. The first-order valence-electron chi connectivity index (χ1n) is 10.1. The number of rotatable bonds is 7. The van der Waals surface area contributed by atoms with Crippen LogP contribution in [0, 0.1) is 11.8 Å². The summed E-state index contributed by atoms with van der Waals surface area (Å²) in [5.74, 6) is 7.12. The third-order valence-corrected chi connectivity index (χ3v) is 4.46. The largest absolute Gasteiger partial charge is 0.481 e. The van der Waals surface area contributed by atoms with E-state index in [4.69, 9.17) is 9.47 Å². The van der Waals surface area contributed by atoms with Crippen LogP contribution in [-0.4, -0.2) is 18.8 Å². The number of hydrogen-bond acceptors (Lipinski definition) is 2. The molecule has 0 aliphatic carbocycles. The lowest BCUT2D eigenvalue weighted by Crippen LogP contribution is -2.16. The molecule has 0 saturated carbocycles. The van der Waals surface area contributed by atoms with Crippen molar-refractivity contribution >= 4 is 0 Å². The number of ether oxygens (including phenoxy) is 2. The van der Waals surface area contributed by atoms with Crippen molar-refractivity contribution in [3.05, 3.63) is 90.0 Å². The van der Waals surface area contributed by atoms with Gasteiger partial charge in [-0.1, -0.05) is 66.4 Å². The van der Waals surface area contributed by atoms with Crippen LogP contribution in [-0.2, 0) is 11.2 Å². The van der Waals surface area contributed by atoms with Crippen molar-refractivity contribution in [1.82, 2.24) is 0 Å². The van der Waals surface area contributed by atoms with Crippen LogP contribution in [0.2, 0.25) is 0 Å². The van der Waals surface area contributed by atoms with E-state index in [9.17, 15) is 0 Å². The van der Waals surface area contributed by atoms with E-state index in [0.717, 1.165) is 17.7 Å². The van der Waals surface area contributed by atoms with E-state index in [-0.39, 0.29) is 12.2 Å². The van der Waals surface area contributed by atoms with E-state index in [1.807, 2.05) is 42.5 Å². The van der Waals surface area contributed by atoms with Crippen molar-refractivity contribution in [3.63, 3.8) is 0 Å². The first kappa shape index (κ1) is 20.7. The van der Waals surface area contributed by atoms with E-state index in [2.05, 4.69) is 69.0 Å². The van der Waals surface area contributed by atoms with Crippen LogP contribution < -0.4 is 4.74 Å². The van der Waals surface area contributed by atoms with Gasteiger partial charge in [0.2, 0.25) is 0 Å². The molecular formula is C27H28O2. The van der Waals surface area contributed by atoms with Gasteiger partial charge in [-0.2, -0.15) is 0 Å². The van der Waals surface area contributed by atoms with Crippen LogP contribution in [0.15, 0.2) is 78.9 Å². The third-order valence-electron chi connectivity index (χ3n) is 4.46. The lowest BCUT2D eigenvalue weighted by molar-refractivity contribution is 0.0195. The van der Waals surface area contributed by atoms with Gasteiger partial charge in [-0.05, 0) is 68.1 Å². The van der Waals surface area contributed by atoms with Crippen LogP contribution >= 0.6 is 0 Å². The van der Waals surface area contributed by atoms with Gasteiger partial charge in [0, 0.05) is 5.56 Å². The minimum absolute atomic E-state index is 0.195. The van der Waals surface area contributed by atoms with Crippen molar-refractivity contribution < 1.29 is 9.47 Å². The van der Waals surface area contributed by atoms with E-state index in [1.165, 1.54) is 16.7 Å². The zero-order chi connectivity index (χ0) is 20.5. The Morgan fingerprint density at radius 2 is 1.52 bits per heavy atom. The molecule has 0 fully saturated rings. The molecule has 0 amide bonds. The Morgan fingerprint density at radius 1 is 0.793 bits per heavy atom. The topological polar surface area (TPSA) is 18.5 Å². The molecule has 3 rings (SSSR count). The highest BCUT2D eigenvalue weighted by Crippen LogP contribution is 2.21. The van der Waals surface area contributed by atoms with Gasteiger partial charge in [0.05, 0.1) is 12.2 Å². The van der Waals surface area contributed by atoms with Gasteiger partial charge in [0.25, 0.3) is 0 Å². The van der Waals surface area contributed by atoms with Gasteiger partial charge < -0.3 is 9.47 Å². The molecule has 0 spiro atoms. The van der Waals surface area contributed by atoms with E-state index in [1.54, 1.807) is 0 Å². The van der Waals surface area contributed by atoms with Gasteiger partial charge >= 0.3 is 0 Å². The predicted octanol–water partition coefficient (Wildman–Crippen LogP) is 6.14. The normalized spacial score (nSPS) is 11.6. The Hall–Kier alpha value is -3.02. The lowest BCUT2D eigenvalue weighted by atomic mass is 10.1. The van der Waals surface area contributed by atoms with Crippen molar-refractivity contribution in [3.8, 4) is 28.7 Å². The highest BCUT2D eigenvalue weighted by atomic mass is 16.5. The molecule has 29 heavy (non-hydrogen) atoms. The Balaban J connectivity index is 1.53. The molecule has 1 atom stereocenters. The Bertz CT molecular complexity index is 947. The second-order valence-corrected chi connectivity index (χ2v) is 7.38. The first-order valence-corrected chi connectivity index (χ1v) is 10.1. The lowest BCUT2D eigenvalue weighted by Gasteiger charge is -2.16. The molecule has 2 nitrogen and oxygen atoms in total. The molecule has 0 bridgehead atoms. The monoisotopic (exact) mass is 384 g/mol. The fraction of sp³-hybridized carbons (Fsp3) is 0.259. The highest BCUT2D eigenvalue weighted by molar-refractivity contribution is 5.63. The first-order chi connectivity index (χ1) is 14.1. The Morgan fingerprint density at radius 3 is 2.24 bits per heavy atom. The van der Waals surface area contributed by atoms with Crippen LogP contribution in [0.25, 0.3) is 11.1 Å². The van der Waals surface area contributed by atoms with Crippen LogP contribution in [0.1, 0.15) is 31.9 Å². The summed E-state index contributed by atoms with van der Waals surface area (Å²) in [5.41, 5.74) is 4.62. The molecule has 0 aromatic heterocycles. The SMILES string of the molecule is CC(C)OC(C)Cc1cccc(C#CCOc2ccc(-c3ccccc3)cc2)c1. The van der Waals surface area contributed by atoms with Gasteiger partial charge in [-0.15, -0.1) is 0 Å². The molecule has 0 N–H and O–H groups in total. The second kappa shape index (κ2) is 10.5. The molecular weight excluding hydrogens is 356 g/mol. The zero-order valence-electron chi connectivity index (χ0n) is 17.4. The quantitative estimate of drug-likeness (QED) is 0.456. The standard InChI is InChI=1S/C27H28O2/c1-21(2)29-22(3)19-24-10-7-9-23(20-24)11-8-18-28-27-16-14-26(15-17-27)25-12-5-4-6-13-25/h4-7,9-10,12-17,20-22H,18-19H2,1-3H3. The Labute approximate surface area is 174 Å². The van der Waals surface area contributed by atoms with Crippen LogP contribution in [0.4, 0.5) is 0 Å². The summed E-state index contributed by atoms with van der Waals surface area (Å²) in [6.45, 7) is 6.60. The molecule has 148 valence electrons. The maximum absolute atomic E-state index is 5.82. The van der Waals surface area contributed by atoms with E-state index in [0.29, 0.717) is 6.61 Å². The summed E-state index contributed by atoms with van der Waals surface area (Å²) < 4.78 is 11.6. The van der Waals surface area contributed by atoms with Crippen LogP contribution in [0.3, 0.4) is 0 Å². The van der Waals surface area contributed by atoms with Gasteiger partial charge in [0.1, 0.15) is 12.4 Å². The molecule has 3 aromatic carbocycles. The van der Waals surface area contributed by atoms with E-state index >= 15 is 0 Å². The number of hydrogen-bond donors (Lipinski definition) is 0. The summed E-state index contributed by atoms with van der Waals surface area (Å²) >= 11 is 0. The fourth-order valence-corrected chi connectivity index (χ4v) is 3.25. The molecule has 0 heterocycles. The number of benzene rings is 3. The predicted molar refractivity (Wildman–Crippen MR) is 120 cm³/mol.